The van der Waals surface area contributed by atoms with E-state index >= 15 is 0 Å². The first-order valence-corrected chi connectivity index (χ1v) is 16.6. The SMILES string of the molecule is CC.CC.CC.CC(C)(O)Cn1cc(-c2nc(Nc3ccc(SNC(C)(C)CCC(C)(C)CN)cc3F)ncc2C(F)(F)F)cn1. The minimum atomic E-state index is -4.73. The first-order chi connectivity index (χ1) is 21.4. The van der Waals surface area contributed by atoms with Gasteiger partial charge in [0.2, 0.25) is 5.95 Å². The highest BCUT2D eigenvalue weighted by Crippen LogP contribution is 2.36. The van der Waals surface area contributed by atoms with E-state index in [0.717, 1.165) is 12.8 Å². The summed E-state index contributed by atoms with van der Waals surface area (Å²) in [7, 11) is 0. The molecular formula is C33H55F4N7OS. The number of hydrogen-bond donors (Lipinski definition) is 4. The van der Waals surface area contributed by atoms with Crippen LogP contribution in [0.2, 0.25) is 0 Å². The molecule has 46 heavy (non-hydrogen) atoms. The maximum atomic E-state index is 15.0. The van der Waals surface area contributed by atoms with E-state index in [1.807, 2.05) is 41.5 Å². The van der Waals surface area contributed by atoms with E-state index in [1.54, 1.807) is 19.9 Å². The van der Waals surface area contributed by atoms with Crippen LogP contribution in [0.1, 0.15) is 101 Å². The number of hydrogen-bond acceptors (Lipinski definition) is 8. The molecule has 8 nitrogen and oxygen atoms in total. The van der Waals surface area contributed by atoms with Crippen molar-refractivity contribution in [3.63, 3.8) is 0 Å². The highest BCUT2D eigenvalue weighted by molar-refractivity contribution is 7.97. The molecule has 0 saturated heterocycles. The van der Waals surface area contributed by atoms with Gasteiger partial charge in [-0.05, 0) is 82.6 Å². The molecule has 13 heteroatoms. The van der Waals surface area contributed by atoms with Crippen LogP contribution in [0.4, 0.5) is 29.2 Å². The molecule has 2 aromatic heterocycles. The lowest BCUT2D eigenvalue weighted by Gasteiger charge is -2.31. The molecule has 0 bridgehead atoms. The molecular weight excluding hydrogens is 618 g/mol. The van der Waals surface area contributed by atoms with Gasteiger partial charge in [0.05, 0.1) is 29.7 Å². The molecule has 0 amide bonds. The number of aliphatic hydroxyl groups is 1. The van der Waals surface area contributed by atoms with Crippen molar-refractivity contribution in [3.8, 4) is 11.3 Å². The number of nitrogens with two attached hydrogens (primary N) is 1. The summed E-state index contributed by atoms with van der Waals surface area (Å²) in [5, 5.41) is 16.7. The summed E-state index contributed by atoms with van der Waals surface area (Å²) in [4.78, 5) is 8.44. The number of anilines is 2. The fourth-order valence-corrected chi connectivity index (χ4v) is 4.42. The summed E-state index contributed by atoms with van der Waals surface area (Å²) in [6.45, 7) is 24.1. The van der Waals surface area contributed by atoms with Gasteiger partial charge >= 0.3 is 6.18 Å². The second kappa shape index (κ2) is 19.2. The molecule has 0 aliphatic rings. The number of benzene rings is 1. The van der Waals surface area contributed by atoms with Gasteiger partial charge in [0.15, 0.2) is 0 Å². The average Bonchev–Trinajstić information content (AvgIpc) is 3.46. The standard InChI is InChI=1S/C27H37F4N7OS.3C2H6/c1-24(2,15-32)9-10-25(3,4)37-40-18-7-8-21(20(28)11-18)35-23-33-13-19(27(29,30)31)22(36-23)17-12-34-38(14-17)16-26(5,6)39;3*1-2/h7-8,11-14,37,39H,9-10,15-16,32H2,1-6H3,(H,33,35,36);3*1-2H3. The fraction of sp³-hybridized carbons (Fsp3) is 0.606. The van der Waals surface area contributed by atoms with E-state index in [-0.39, 0.29) is 34.7 Å². The number of nitrogens with one attached hydrogen (secondary N) is 2. The molecule has 0 unspecified atom stereocenters. The van der Waals surface area contributed by atoms with Crippen LogP contribution in [0.3, 0.4) is 0 Å². The Labute approximate surface area is 277 Å². The zero-order valence-corrected chi connectivity index (χ0v) is 30.3. The van der Waals surface area contributed by atoms with Gasteiger partial charge in [-0.25, -0.2) is 14.4 Å². The van der Waals surface area contributed by atoms with E-state index in [4.69, 9.17) is 5.73 Å². The molecule has 0 aliphatic heterocycles. The first kappa shape index (κ1) is 43.3. The minimum Gasteiger partial charge on any atom is -0.389 e. The number of halogens is 4. The maximum Gasteiger partial charge on any atom is 0.419 e. The van der Waals surface area contributed by atoms with E-state index in [9.17, 15) is 22.7 Å². The maximum absolute atomic E-state index is 15.0. The quantitative estimate of drug-likeness (QED) is 0.111. The van der Waals surface area contributed by atoms with Crippen LogP contribution < -0.4 is 15.8 Å². The summed E-state index contributed by atoms with van der Waals surface area (Å²) in [5.74, 6) is -0.823. The van der Waals surface area contributed by atoms with Crippen LogP contribution in [0.5, 0.6) is 0 Å². The summed E-state index contributed by atoms with van der Waals surface area (Å²) in [5.41, 5.74) is 3.13. The van der Waals surface area contributed by atoms with Crippen molar-refractivity contribution < 1.29 is 22.7 Å². The van der Waals surface area contributed by atoms with Gasteiger partial charge in [0.25, 0.3) is 0 Å². The zero-order chi connectivity index (χ0) is 35.9. The zero-order valence-electron chi connectivity index (χ0n) is 29.5. The van der Waals surface area contributed by atoms with Crippen molar-refractivity contribution in [1.82, 2.24) is 24.5 Å². The first-order valence-electron chi connectivity index (χ1n) is 15.8. The Hall–Kier alpha value is -2.74. The van der Waals surface area contributed by atoms with Crippen molar-refractivity contribution >= 4 is 23.6 Å². The van der Waals surface area contributed by atoms with Crippen molar-refractivity contribution in [2.45, 2.75) is 125 Å². The lowest BCUT2D eigenvalue weighted by molar-refractivity contribution is -0.137. The second-order valence-electron chi connectivity index (χ2n) is 11.9. The monoisotopic (exact) mass is 673 g/mol. The third-order valence-corrected chi connectivity index (χ3v) is 7.31. The molecule has 5 N–H and O–H groups in total. The predicted octanol–water partition coefficient (Wildman–Crippen LogP) is 9.23. The Bertz CT molecular complexity index is 1310. The molecule has 262 valence electrons. The normalized spacial score (nSPS) is 11.8. The average molecular weight is 674 g/mol. The third kappa shape index (κ3) is 14.8. The largest absolute Gasteiger partial charge is 0.419 e. The molecule has 0 aliphatic carbocycles. The molecule has 3 aromatic rings. The summed E-state index contributed by atoms with van der Waals surface area (Å²) < 4.78 is 60.8. The molecule has 0 atom stereocenters. The van der Waals surface area contributed by atoms with Crippen LogP contribution in [0, 0.1) is 11.2 Å². The Morgan fingerprint density at radius 2 is 1.54 bits per heavy atom. The molecule has 0 radical (unpaired) electrons. The highest BCUT2D eigenvalue weighted by atomic mass is 32.2. The van der Waals surface area contributed by atoms with Gasteiger partial charge in [-0.3, -0.25) is 9.40 Å². The van der Waals surface area contributed by atoms with Gasteiger partial charge in [-0.1, -0.05) is 55.4 Å². The van der Waals surface area contributed by atoms with E-state index < -0.39 is 28.9 Å². The van der Waals surface area contributed by atoms with E-state index in [1.165, 1.54) is 41.2 Å². The van der Waals surface area contributed by atoms with Crippen molar-refractivity contribution in [2.24, 2.45) is 11.1 Å². The van der Waals surface area contributed by atoms with Crippen LogP contribution in [-0.2, 0) is 12.7 Å². The summed E-state index contributed by atoms with van der Waals surface area (Å²) in [6.07, 6.45) is 0.311. The Kier molecular flexibility index (Phi) is 18.0. The summed E-state index contributed by atoms with van der Waals surface area (Å²) >= 11 is 1.29. The number of nitrogens with zero attached hydrogens (tertiary/aromatic N) is 4. The molecule has 1 aromatic carbocycles. The smallest absolute Gasteiger partial charge is 0.389 e. The van der Waals surface area contributed by atoms with Crippen LogP contribution in [-0.4, -0.2) is 42.5 Å². The van der Waals surface area contributed by atoms with Gasteiger partial charge in [-0.2, -0.15) is 18.3 Å². The van der Waals surface area contributed by atoms with Crippen molar-refractivity contribution in [2.75, 3.05) is 11.9 Å². The van der Waals surface area contributed by atoms with Gasteiger partial charge in [0, 0.05) is 28.4 Å². The molecule has 0 saturated carbocycles. The molecule has 0 fully saturated rings. The van der Waals surface area contributed by atoms with Crippen LogP contribution in [0.15, 0.2) is 41.7 Å². The van der Waals surface area contributed by atoms with Crippen molar-refractivity contribution in [1.29, 1.82) is 0 Å². The molecule has 3 rings (SSSR count). The third-order valence-electron chi connectivity index (χ3n) is 6.16. The predicted molar refractivity (Wildman–Crippen MR) is 183 cm³/mol. The van der Waals surface area contributed by atoms with E-state index in [0.29, 0.717) is 17.6 Å². The lowest BCUT2D eigenvalue weighted by atomic mass is 9.83. The number of aromatic nitrogens is 4. The Balaban J connectivity index is 0.00000318. The van der Waals surface area contributed by atoms with E-state index in [2.05, 4.69) is 52.8 Å². The molecule has 0 spiro atoms. The number of rotatable bonds is 12. The van der Waals surface area contributed by atoms with Crippen molar-refractivity contribution in [3.05, 3.63) is 48.2 Å². The number of alkyl halides is 3. The minimum absolute atomic E-state index is 0.0109. The molecule has 2 heterocycles. The Morgan fingerprint density at radius 1 is 0.935 bits per heavy atom. The fourth-order valence-electron chi connectivity index (χ4n) is 3.62. The van der Waals surface area contributed by atoms with Crippen LogP contribution in [0.25, 0.3) is 11.3 Å². The second-order valence-corrected chi connectivity index (χ2v) is 12.8. The highest BCUT2D eigenvalue weighted by Gasteiger charge is 2.36. The van der Waals surface area contributed by atoms with Gasteiger partial charge < -0.3 is 16.2 Å². The Morgan fingerprint density at radius 3 is 2.07 bits per heavy atom. The topological polar surface area (TPSA) is 114 Å². The van der Waals surface area contributed by atoms with Crippen LogP contribution >= 0.6 is 11.9 Å². The lowest BCUT2D eigenvalue weighted by Crippen LogP contribution is -2.36. The van der Waals surface area contributed by atoms with Gasteiger partial charge in [0.1, 0.15) is 11.4 Å². The van der Waals surface area contributed by atoms with Gasteiger partial charge in [-0.15, -0.1) is 0 Å². The summed E-state index contributed by atoms with van der Waals surface area (Å²) in [6, 6.07) is 4.49.